The van der Waals surface area contributed by atoms with Crippen LogP contribution < -0.4 is 0 Å². The van der Waals surface area contributed by atoms with Gasteiger partial charge in [0.2, 0.25) is 0 Å². The van der Waals surface area contributed by atoms with Crippen LogP contribution in [0.2, 0.25) is 0 Å². The third kappa shape index (κ3) is 1.95. The summed E-state index contributed by atoms with van der Waals surface area (Å²) in [5, 5.41) is 1.14. The first-order valence-corrected chi connectivity index (χ1v) is 6.05. The molecule has 0 aliphatic rings. The molecule has 0 atom stereocenters. The summed E-state index contributed by atoms with van der Waals surface area (Å²) in [5.74, 6) is 0.918. The Kier molecular flexibility index (Phi) is 2.73. The van der Waals surface area contributed by atoms with Crippen molar-refractivity contribution in [2.75, 3.05) is 0 Å². The Bertz CT molecular complexity index is 641. The minimum atomic E-state index is 0.903. The maximum atomic E-state index is 5.83. The summed E-state index contributed by atoms with van der Waals surface area (Å²) in [5.41, 5.74) is 3.31. The largest absolute Gasteiger partial charge is 0.456 e. The van der Waals surface area contributed by atoms with Gasteiger partial charge in [-0.3, -0.25) is 0 Å². The van der Waals surface area contributed by atoms with Crippen molar-refractivity contribution in [2.45, 2.75) is 6.42 Å². The van der Waals surface area contributed by atoms with E-state index in [4.69, 9.17) is 4.42 Å². The van der Waals surface area contributed by atoms with E-state index in [1.54, 1.807) is 0 Å². The number of hydrogen-bond donors (Lipinski definition) is 0. The van der Waals surface area contributed by atoms with Gasteiger partial charge in [0.1, 0.15) is 11.3 Å². The van der Waals surface area contributed by atoms with Crippen LogP contribution in [-0.2, 0) is 6.42 Å². The smallest absolute Gasteiger partial charge is 0.135 e. The van der Waals surface area contributed by atoms with Crippen LogP contribution in [-0.4, -0.2) is 0 Å². The molecule has 3 rings (SSSR count). The van der Waals surface area contributed by atoms with E-state index in [1.807, 2.05) is 24.3 Å². The molecule has 1 aromatic heterocycles. The molecule has 1 nitrogen and oxygen atoms in total. The standard InChI is InChI=1S/C17H14O/c1-2-5-13-8-10-14(11-9-13)17-12-15-6-3-4-7-16(15)18-17/h2-4,6-12H,1,5H2. The van der Waals surface area contributed by atoms with E-state index in [9.17, 15) is 0 Å². The van der Waals surface area contributed by atoms with Crippen LogP contribution in [0.1, 0.15) is 5.56 Å². The van der Waals surface area contributed by atoms with Gasteiger partial charge in [-0.15, -0.1) is 6.58 Å². The molecule has 0 saturated heterocycles. The molecule has 2 aromatic carbocycles. The maximum Gasteiger partial charge on any atom is 0.135 e. The lowest BCUT2D eigenvalue weighted by Crippen LogP contribution is -1.80. The summed E-state index contributed by atoms with van der Waals surface area (Å²) in [4.78, 5) is 0. The second kappa shape index (κ2) is 4.53. The minimum absolute atomic E-state index is 0.903. The average molecular weight is 234 g/mol. The third-order valence-electron chi connectivity index (χ3n) is 3.04. The predicted octanol–water partition coefficient (Wildman–Crippen LogP) is 4.83. The molecule has 1 heteroatoms. The van der Waals surface area contributed by atoms with Crippen molar-refractivity contribution >= 4 is 11.0 Å². The molecule has 0 unspecified atom stereocenters. The summed E-state index contributed by atoms with van der Waals surface area (Å²) in [6, 6.07) is 18.6. The quantitative estimate of drug-likeness (QED) is 0.592. The van der Waals surface area contributed by atoms with Crippen LogP contribution in [0.25, 0.3) is 22.3 Å². The van der Waals surface area contributed by atoms with E-state index in [0.717, 1.165) is 28.7 Å². The normalized spacial score (nSPS) is 10.7. The van der Waals surface area contributed by atoms with E-state index in [-0.39, 0.29) is 0 Å². The molecule has 0 amide bonds. The van der Waals surface area contributed by atoms with Crippen molar-refractivity contribution in [1.82, 2.24) is 0 Å². The van der Waals surface area contributed by atoms with Crippen LogP contribution in [0, 0.1) is 0 Å². The van der Waals surface area contributed by atoms with Crippen molar-refractivity contribution in [2.24, 2.45) is 0 Å². The Hall–Kier alpha value is -2.28. The Balaban J connectivity index is 2.00. The summed E-state index contributed by atoms with van der Waals surface area (Å²) in [6.07, 6.45) is 2.82. The van der Waals surface area contributed by atoms with Crippen molar-refractivity contribution in [1.29, 1.82) is 0 Å². The summed E-state index contributed by atoms with van der Waals surface area (Å²) >= 11 is 0. The predicted molar refractivity (Wildman–Crippen MR) is 75.6 cm³/mol. The molecule has 0 bridgehead atoms. The van der Waals surface area contributed by atoms with E-state index >= 15 is 0 Å². The topological polar surface area (TPSA) is 13.1 Å². The van der Waals surface area contributed by atoms with Gasteiger partial charge in [0.25, 0.3) is 0 Å². The van der Waals surface area contributed by atoms with E-state index < -0.39 is 0 Å². The second-order valence-corrected chi connectivity index (χ2v) is 4.34. The molecule has 88 valence electrons. The molecule has 0 spiro atoms. The van der Waals surface area contributed by atoms with Crippen molar-refractivity contribution in [3.8, 4) is 11.3 Å². The number of rotatable bonds is 3. The lowest BCUT2D eigenvalue weighted by Gasteiger charge is -1.99. The highest BCUT2D eigenvalue weighted by Crippen LogP contribution is 2.27. The monoisotopic (exact) mass is 234 g/mol. The van der Waals surface area contributed by atoms with Crippen LogP contribution in [0.15, 0.2) is 71.7 Å². The highest BCUT2D eigenvalue weighted by Gasteiger charge is 2.05. The molecule has 0 fully saturated rings. The molecular formula is C17H14O. The Morgan fingerprint density at radius 3 is 2.50 bits per heavy atom. The van der Waals surface area contributed by atoms with Gasteiger partial charge in [-0.25, -0.2) is 0 Å². The zero-order valence-corrected chi connectivity index (χ0v) is 10.1. The average Bonchev–Trinajstić information content (AvgIpc) is 2.84. The minimum Gasteiger partial charge on any atom is -0.456 e. The molecule has 0 saturated carbocycles. The third-order valence-corrected chi connectivity index (χ3v) is 3.04. The van der Waals surface area contributed by atoms with Gasteiger partial charge in [-0.2, -0.15) is 0 Å². The zero-order chi connectivity index (χ0) is 12.4. The number of benzene rings is 2. The molecule has 1 heterocycles. The van der Waals surface area contributed by atoms with Crippen LogP contribution in [0.3, 0.4) is 0 Å². The number of para-hydroxylation sites is 1. The number of furan rings is 1. The first-order chi connectivity index (χ1) is 8.86. The van der Waals surface area contributed by atoms with Gasteiger partial charge in [-0.05, 0) is 24.1 Å². The zero-order valence-electron chi connectivity index (χ0n) is 10.1. The maximum absolute atomic E-state index is 5.83. The first kappa shape index (κ1) is 10.8. The highest BCUT2D eigenvalue weighted by atomic mass is 16.3. The van der Waals surface area contributed by atoms with Gasteiger partial charge in [-0.1, -0.05) is 48.5 Å². The summed E-state index contributed by atoms with van der Waals surface area (Å²) in [7, 11) is 0. The van der Waals surface area contributed by atoms with E-state index in [2.05, 4.69) is 43.0 Å². The van der Waals surface area contributed by atoms with Gasteiger partial charge in [0.05, 0.1) is 0 Å². The molecule has 0 aliphatic heterocycles. The highest BCUT2D eigenvalue weighted by molar-refractivity contribution is 5.82. The molecule has 0 N–H and O–H groups in total. The second-order valence-electron chi connectivity index (χ2n) is 4.34. The molecule has 18 heavy (non-hydrogen) atoms. The van der Waals surface area contributed by atoms with Gasteiger partial charge in [0, 0.05) is 10.9 Å². The van der Waals surface area contributed by atoms with Crippen molar-refractivity contribution < 1.29 is 4.42 Å². The van der Waals surface area contributed by atoms with E-state index in [0.29, 0.717) is 0 Å². The Labute approximate surface area is 106 Å². The number of allylic oxidation sites excluding steroid dienone is 1. The van der Waals surface area contributed by atoms with Gasteiger partial charge in [0.15, 0.2) is 0 Å². The fraction of sp³-hybridized carbons (Fsp3) is 0.0588. The van der Waals surface area contributed by atoms with Crippen LogP contribution in [0.5, 0.6) is 0 Å². The molecule has 0 radical (unpaired) electrons. The molecule has 0 aliphatic carbocycles. The first-order valence-electron chi connectivity index (χ1n) is 6.05. The Morgan fingerprint density at radius 1 is 1.00 bits per heavy atom. The van der Waals surface area contributed by atoms with Crippen molar-refractivity contribution in [3.63, 3.8) is 0 Å². The van der Waals surface area contributed by atoms with E-state index in [1.165, 1.54) is 5.56 Å². The summed E-state index contributed by atoms with van der Waals surface area (Å²) in [6.45, 7) is 3.75. The van der Waals surface area contributed by atoms with Crippen LogP contribution in [0.4, 0.5) is 0 Å². The number of hydrogen-bond acceptors (Lipinski definition) is 1. The van der Waals surface area contributed by atoms with Gasteiger partial charge < -0.3 is 4.42 Å². The fourth-order valence-electron chi connectivity index (χ4n) is 2.10. The fourth-order valence-corrected chi connectivity index (χ4v) is 2.10. The number of fused-ring (bicyclic) bond motifs is 1. The lowest BCUT2D eigenvalue weighted by molar-refractivity contribution is 0.631. The SMILES string of the molecule is C=CCc1ccc(-c2cc3ccccc3o2)cc1. The van der Waals surface area contributed by atoms with Gasteiger partial charge >= 0.3 is 0 Å². The molecule has 3 aromatic rings. The Morgan fingerprint density at radius 2 is 1.78 bits per heavy atom. The molecular weight excluding hydrogens is 220 g/mol. The summed E-state index contributed by atoms with van der Waals surface area (Å²) < 4.78 is 5.83. The van der Waals surface area contributed by atoms with Crippen molar-refractivity contribution in [3.05, 3.63) is 72.8 Å². The van der Waals surface area contributed by atoms with Crippen LogP contribution >= 0.6 is 0 Å². The lowest BCUT2D eigenvalue weighted by atomic mass is 10.1.